The average Bonchev–Trinajstić information content (AvgIpc) is 2.93. The third-order valence-corrected chi connectivity index (χ3v) is 4.52. The van der Waals surface area contributed by atoms with Gasteiger partial charge in [0.1, 0.15) is 0 Å². The number of hydrogen-bond donors (Lipinski definition) is 0. The summed E-state index contributed by atoms with van der Waals surface area (Å²) in [4.78, 5) is 25.5. The van der Waals surface area contributed by atoms with Crippen molar-refractivity contribution < 1.29 is 14.3 Å². The predicted octanol–water partition coefficient (Wildman–Crippen LogP) is 1.68. The molecule has 0 bridgehead atoms. The van der Waals surface area contributed by atoms with Crippen molar-refractivity contribution in [3.63, 3.8) is 0 Å². The van der Waals surface area contributed by atoms with Crippen LogP contribution in [0.1, 0.15) is 25.6 Å². The third kappa shape index (κ3) is 1.46. The smallest absolute Gasteiger partial charge is 0.226 e. The summed E-state index contributed by atoms with van der Waals surface area (Å²) in [5, 5.41) is 0. The summed E-state index contributed by atoms with van der Waals surface area (Å²) in [6.45, 7) is 4.02. The maximum absolute atomic E-state index is 12.4. The molecular weight excluding hydrogens is 509 g/mol. The first-order valence-electron chi connectivity index (χ1n) is 6.51. The standard InChI is InChI=1S/C15H16NO3.Rf/c1-10-11(2)15(8-17)9-19-14(16(15)13(10)18)12-6-4-3-5-7-12;/h3-7,10-11,14H,9H2,1-2H3;/q-1;/t10?,11-,14?,15-;/m0./s1. The number of carbonyl (C=O) groups excluding carboxylic acids is 2. The number of nitrogens with zero attached hydrogens (tertiary/aromatic N) is 1. The van der Waals surface area contributed by atoms with Crippen molar-refractivity contribution in [3.8, 4) is 0 Å². The zero-order valence-corrected chi connectivity index (χ0v) is 18.1. The van der Waals surface area contributed by atoms with Gasteiger partial charge < -0.3 is 14.4 Å². The monoisotopic (exact) mass is 525 g/mol. The van der Waals surface area contributed by atoms with Crippen LogP contribution in [0.3, 0.4) is 0 Å². The molecule has 20 heavy (non-hydrogen) atoms. The molecule has 102 valence electrons. The first kappa shape index (κ1) is 13.7. The number of ether oxygens (including phenoxy) is 1. The summed E-state index contributed by atoms with van der Waals surface area (Å²) >= 11 is 0. The SMILES string of the molecule is CC1C(=O)N2C(c3ccccc3)OC[C@@]2([C-]=O)[C@H]1C.[Rf]. The molecule has 5 heteroatoms. The van der Waals surface area contributed by atoms with Crippen LogP contribution >= 0.6 is 0 Å². The zero-order valence-electron chi connectivity index (χ0n) is 11.7. The van der Waals surface area contributed by atoms with Gasteiger partial charge in [-0.25, -0.2) is 6.29 Å². The van der Waals surface area contributed by atoms with Crippen LogP contribution in [0, 0.1) is 11.8 Å². The molecule has 0 N–H and O–H groups in total. The van der Waals surface area contributed by atoms with E-state index in [-0.39, 0.29) is 24.3 Å². The number of benzene rings is 1. The van der Waals surface area contributed by atoms with Gasteiger partial charge in [0.15, 0.2) is 6.23 Å². The summed E-state index contributed by atoms with van der Waals surface area (Å²) < 4.78 is 5.73. The van der Waals surface area contributed by atoms with E-state index in [2.05, 4.69) is 6.29 Å². The van der Waals surface area contributed by atoms with Crippen molar-refractivity contribution in [2.75, 3.05) is 6.61 Å². The van der Waals surface area contributed by atoms with Gasteiger partial charge in [-0.15, -0.1) is 0 Å². The Morgan fingerprint density at radius 1 is 1.30 bits per heavy atom. The van der Waals surface area contributed by atoms with E-state index < -0.39 is 11.8 Å². The molecular formula is C15H16NO3Rf-. The Hall–Kier alpha value is -2.68. The molecule has 2 fully saturated rings. The zero-order chi connectivity index (χ0) is 13.6. The largest absolute Gasteiger partial charge is 0.539 e. The minimum Gasteiger partial charge on any atom is -0.539 e. The molecule has 3 rings (SSSR count). The fraction of sp³-hybridized carbons (Fsp3) is 0.467. The van der Waals surface area contributed by atoms with Gasteiger partial charge in [0.05, 0.1) is 0 Å². The van der Waals surface area contributed by atoms with Crippen molar-refractivity contribution in [1.29, 1.82) is 0 Å². The molecule has 1 amide bonds. The van der Waals surface area contributed by atoms with Crippen LogP contribution < -0.4 is 0 Å². The number of fused-ring (bicyclic) bond motifs is 1. The number of rotatable bonds is 2. The van der Waals surface area contributed by atoms with E-state index in [4.69, 9.17) is 4.74 Å². The van der Waals surface area contributed by atoms with Crippen molar-refractivity contribution >= 4 is 12.2 Å². The van der Waals surface area contributed by atoms with Crippen LogP contribution in [0.2, 0.25) is 0 Å². The number of carbonyl (C=O) groups is 1. The Morgan fingerprint density at radius 3 is 2.55 bits per heavy atom. The molecule has 0 saturated carbocycles. The normalized spacial score (nSPS) is 35.6. The van der Waals surface area contributed by atoms with Crippen LogP contribution in [-0.4, -0.2) is 29.2 Å². The van der Waals surface area contributed by atoms with Crippen molar-refractivity contribution in [3.05, 3.63) is 35.9 Å². The van der Waals surface area contributed by atoms with Gasteiger partial charge in [0.25, 0.3) is 0 Å². The molecule has 2 aliphatic rings. The molecule has 1 aromatic rings. The van der Waals surface area contributed by atoms with Crippen LogP contribution in [0.4, 0.5) is 0 Å². The first-order valence-corrected chi connectivity index (χ1v) is 6.51. The molecule has 0 radical (unpaired) electrons. The van der Waals surface area contributed by atoms with E-state index >= 15 is 0 Å². The molecule has 2 unspecified atom stereocenters. The van der Waals surface area contributed by atoms with E-state index in [1.807, 2.05) is 44.2 Å². The average molecular weight is 525 g/mol. The quantitative estimate of drug-likeness (QED) is 0.553. The van der Waals surface area contributed by atoms with Crippen LogP contribution in [0.25, 0.3) is 0 Å². The van der Waals surface area contributed by atoms with Gasteiger partial charge >= 0.3 is 0 Å². The van der Waals surface area contributed by atoms with E-state index in [1.165, 1.54) is 0 Å². The fourth-order valence-corrected chi connectivity index (χ4v) is 3.10. The van der Waals surface area contributed by atoms with Crippen LogP contribution in [0.15, 0.2) is 30.3 Å². The van der Waals surface area contributed by atoms with E-state index in [0.717, 1.165) is 5.56 Å². The Labute approximate surface area is 112 Å². The van der Waals surface area contributed by atoms with Crippen LogP contribution in [-0.2, 0) is 14.3 Å². The number of hydrogen-bond acceptors (Lipinski definition) is 3. The molecule has 0 aromatic heterocycles. The maximum Gasteiger partial charge on any atom is 0.226 e. The molecule has 2 heterocycles. The van der Waals surface area contributed by atoms with Gasteiger partial charge in [-0.2, -0.15) is 0 Å². The Morgan fingerprint density at radius 2 is 1.95 bits per heavy atom. The van der Waals surface area contributed by atoms with Crippen molar-refractivity contribution in [1.82, 2.24) is 4.90 Å². The first-order chi connectivity index (χ1) is 9.12. The maximum atomic E-state index is 12.4. The summed E-state index contributed by atoms with van der Waals surface area (Å²) in [7, 11) is 0. The number of amides is 1. The van der Waals surface area contributed by atoms with E-state index in [1.54, 1.807) is 4.90 Å². The molecule has 4 nitrogen and oxygen atoms in total. The molecule has 4 atom stereocenters. The topological polar surface area (TPSA) is 46.6 Å². The minimum absolute atomic E-state index is 0. The van der Waals surface area contributed by atoms with Gasteiger partial charge in [0.2, 0.25) is 5.91 Å². The Bertz CT molecular complexity index is 521. The van der Waals surface area contributed by atoms with Crippen LogP contribution in [0.5, 0.6) is 0 Å². The fourth-order valence-electron chi connectivity index (χ4n) is 3.10. The minimum atomic E-state index is -0.920. The summed E-state index contributed by atoms with van der Waals surface area (Å²) in [5.41, 5.74) is -0.0222. The summed E-state index contributed by atoms with van der Waals surface area (Å²) in [5.74, 6) is -0.273. The molecule has 0 spiro atoms. The summed E-state index contributed by atoms with van der Waals surface area (Å²) in [6.07, 6.45) is 1.61. The molecule has 2 saturated heterocycles. The van der Waals surface area contributed by atoms with Gasteiger partial charge in [-0.3, -0.25) is 4.79 Å². The summed E-state index contributed by atoms with van der Waals surface area (Å²) in [6, 6.07) is 9.53. The van der Waals surface area contributed by atoms with Gasteiger partial charge in [-0.05, 0) is 11.5 Å². The van der Waals surface area contributed by atoms with E-state index in [0.29, 0.717) is 0 Å². The Balaban J connectivity index is 0.00000147. The second kappa shape index (κ2) is 4.46. The van der Waals surface area contributed by atoms with Gasteiger partial charge in [0, 0.05) is 18.1 Å². The van der Waals surface area contributed by atoms with Crippen molar-refractivity contribution in [2.24, 2.45) is 11.8 Å². The molecule has 1 aromatic carbocycles. The second-order valence-electron chi connectivity index (χ2n) is 5.39. The second-order valence-corrected chi connectivity index (χ2v) is 5.39. The Kier molecular flexibility index (Phi) is 3.06. The van der Waals surface area contributed by atoms with Crippen molar-refractivity contribution in [2.45, 2.75) is 25.6 Å². The molecule has 0 aliphatic carbocycles. The van der Waals surface area contributed by atoms with E-state index in [9.17, 15) is 9.59 Å². The molecule has 2 aliphatic heterocycles. The third-order valence-electron chi connectivity index (χ3n) is 4.52. The van der Waals surface area contributed by atoms with Gasteiger partial charge in [-0.1, -0.05) is 44.2 Å². The predicted molar refractivity (Wildman–Crippen MR) is 68.7 cm³/mol.